The second kappa shape index (κ2) is 10.6. The van der Waals surface area contributed by atoms with Gasteiger partial charge in [-0.25, -0.2) is 4.98 Å². The van der Waals surface area contributed by atoms with Crippen LogP contribution >= 0.6 is 0 Å². The first-order chi connectivity index (χ1) is 17.3. The van der Waals surface area contributed by atoms with Crippen LogP contribution in [0.4, 0.5) is 0 Å². The fourth-order valence-corrected chi connectivity index (χ4v) is 5.14. The maximum Gasteiger partial charge on any atom is 0.240 e. The first-order valence-corrected chi connectivity index (χ1v) is 12.4. The normalized spacial score (nSPS) is 18.7. The molecule has 4 rings (SSSR count). The van der Waals surface area contributed by atoms with Gasteiger partial charge in [0, 0.05) is 33.1 Å². The number of nitrogens with one attached hydrogen (secondary N) is 2. The lowest BCUT2D eigenvalue weighted by Crippen LogP contribution is -2.43. The number of hydrogen-bond acceptors (Lipinski definition) is 5. The average molecular weight is 491 g/mol. The Morgan fingerprint density at radius 1 is 1.22 bits per heavy atom. The maximum absolute atomic E-state index is 13.8. The molecule has 36 heavy (non-hydrogen) atoms. The monoisotopic (exact) mass is 490 g/mol. The van der Waals surface area contributed by atoms with Crippen molar-refractivity contribution in [2.45, 2.75) is 57.9 Å². The molecule has 3 amide bonds. The van der Waals surface area contributed by atoms with Crippen molar-refractivity contribution in [3.8, 4) is 0 Å². The smallest absolute Gasteiger partial charge is 0.240 e. The second-order valence-electron chi connectivity index (χ2n) is 9.62. The number of carbonyl (C=O) groups excluding carboxylic acids is 3. The number of likely N-dealkylation sites (tertiary alicyclic amines) is 1. The summed E-state index contributed by atoms with van der Waals surface area (Å²) in [5.74, 6) is -0.194. The summed E-state index contributed by atoms with van der Waals surface area (Å²) in [6.07, 6.45) is 1.03. The van der Waals surface area contributed by atoms with E-state index in [1.165, 1.54) is 4.90 Å². The van der Waals surface area contributed by atoms with Gasteiger partial charge < -0.3 is 15.0 Å². The molecule has 190 valence electrons. The van der Waals surface area contributed by atoms with Crippen LogP contribution in [-0.2, 0) is 24.5 Å². The Hall–Kier alpha value is -3.52. The van der Waals surface area contributed by atoms with Gasteiger partial charge in [-0.1, -0.05) is 37.3 Å². The Labute approximate surface area is 211 Å². The first-order valence-electron chi connectivity index (χ1n) is 12.4. The summed E-state index contributed by atoms with van der Waals surface area (Å²) in [7, 11) is 1.59. The van der Waals surface area contributed by atoms with Crippen LogP contribution in [0.25, 0.3) is 11.0 Å². The predicted octanol–water partition coefficient (Wildman–Crippen LogP) is 3.87. The summed E-state index contributed by atoms with van der Waals surface area (Å²) in [4.78, 5) is 49.5. The summed E-state index contributed by atoms with van der Waals surface area (Å²) in [6.45, 7) is 6.62. The zero-order chi connectivity index (χ0) is 25.9. The highest BCUT2D eigenvalue weighted by atomic mass is 16.5. The van der Waals surface area contributed by atoms with Crippen LogP contribution in [0.5, 0.6) is 0 Å². The summed E-state index contributed by atoms with van der Waals surface area (Å²) in [5.41, 5.74) is 3.24. The summed E-state index contributed by atoms with van der Waals surface area (Å²) < 4.78 is 5.10. The molecule has 0 aliphatic carbocycles. The number of hydrogen-bond donors (Lipinski definition) is 2. The second-order valence-corrected chi connectivity index (χ2v) is 9.62. The van der Waals surface area contributed by atoms with Gasteiger partial charge in [0.15, 0.2) is 0 Å². The van der Waals surface area contributed by atoms with Crippen molar-refractivity contribution in [2.75, 3.05) is 20.3 Å². The number of imide groups is 1. The minimum Gasteiger partial charge on any atom is -0.385 e. The van der Waals surface area contributed by atoms with Gasteiger partial charge in [-0.2, -0.15) is 0 Å². The molecule has 0 saturated carbocycles. The van der Waals surface area contributed by atoms with E-state index in [-0.39, 0.29) is 43.1 Å². The highest BCUT2D eigenvalue weighted by Crippen LogP contribution is 2.41. The van der Waals surface area contributed by atoms with Gasteiger partial charge in [0.1, 0.15) is 5.82 Å². The van der Waals surface area contributed by atoms with E-state index in [0.29, 0.717) is 25.3 Å². The van der Waals surface area contributed by atoms with Crippen molar-refractivity contribution in [1.29, 1.82) is 0 Å². The lowest BCUT2D eigenvalue weighted by atomic mass is 9.74. The highest BCUT2D eigenvalue weighted by Gasteiger charge is 2.54. The number of methoxy groups -OCH3 is 1. The van der Waals surface area contributed by atoms with Gasteiger partial charge in [-0.05, 0) is 55.5 Å². The van der Waals surface area contributed by atoms with Crippen LogP contribution in [-0.4, -0.2) is 52.9 Å². The third-order valence-corrected chi connectivity index (χ3v) is 6.99. The Morgan fingerprint density at radius 2 is 2.00 bits per heavy atom. The molecule has 8 nitrogen and oxygen atoms in total. The maximum atomic E-state index is 13.8. The number of nitrogens with zero attached hydrogens (tertiary/aromatic N) is 2. The van der Waals surface area contributed by atoms with Gasteiger partial charge in [0.25, 0.3) is 0 Å². The van der Waals surface area contributed by atoms with Gasteiger partial charge in [-0.3, -0.25) is 19.3 Å². The van der Waals surface area contributed by atoms with E-state index in [0.717, 1.165) is 27.7 Å². The quantitative estimate of drug-likeness (QED) is 0.332. The fourth-order valence-electron chi connectivity index (χ4n) is 5.14. The van der Waals surface area contributed by atoms with E-state index >= 15 is 0 Å². The van der Waals surface area contributed by atoms with Crippen molar-refractivity contribution in [1.82, 2.24) is 20.2 Å². The molecule has 1 saturated heterocycles. The number of H-pyrrole nitrogens is 1. The van der Waals surface area contributed by atoms with E-state index in [1.54, 1.807) is 7.11 Å². The number of aromatic amines is 1. The van der Waals surface area contributed by atoms with E-state index < -0.39 is 5.41 Å². The molecule has 2 N–H and O–H groups in total. The molecule has 1 aliphatic rings. The number of fused-ring (bicyclic) bond motifs is 1. The van der Waals surface area contributed by atoms with Gasteiger partial charge in [0.2, 0.25) is 17.7 Å². The molecule has 1 aromatic heterocycles. The molecule has 2 aromatic carbocycles. The van der Waals surface area contributed by atoms with Crippen LogP contribution in [0.15, 0.2) is 42.5 Å². The van der Waals surface area contributed by atoms with Crippen molar-refractivity contribution in [2.24, 2.45) is 0 Å². The summed E-state index contributed by atoms with van der Waals surface area (Å²) >= 11 is 0. The molecule has 0 bridgehead atoms. The topological polar surface area (TPSA) is 104 Å². The lowest BCUT2D eigenvalue weighted by Gasteiger charge is -2.29. The average Bonchev–Trinajstić information content (AvgIpc) is 3.37. The van der Waals surface area contributed by atoms with Crippen LogP contribution in [0.1, 0.15) is 61.2 Å². The number of aromatic nitrogens is 2. The van der Waals surface area contributed by atoms with Crippen LogP contribution < -0.4 is 5.32 Å². The highest BCUT2D eigenvalue weighted by molar-refractivity contribution is 6.11. The SMILES string of the molecule is CCC(NC(=O)CC1(c2ccccc2C)CC(=O)N(CCCOC)C1=O)c1nc2ccc(C)cc2[nH]1. The van der Waals surface area contributed by atoms with E-state index in [2.05, 4.69) is 15.3 Å². The first kappa shape index (κ1) is 25.6. The largest absolute Gasteiger partial charge is 0.385 e. The molecule has 2 unspecified atom stereocenters. The Bertz CT molecular complexity index is 1280. The molecule has 0 radical (unpaired) electrons. The number of imidazole rings is 1. The van der Waals surface area contributed by atoms with Crippen LogP contribution in [0.3, 0.4) is 0 Å². The zero-order valence-electron chi connectivity index (χ0n) is 21.4. The molecule has 1 aliphatic heterocycles. The molecular weight excluding hydrogens is 456 g/mol. The number of benzene rings is 2. The molecule has 0 spiro atoms. The lowest BCUT2D eigenvalue weighted by molar-refractivity contribution is -0.141. The summed E-state index contributed by atoms with van der Waals surface area (Å²) in [5, 5.41) is 3.07. The molecule has 8 heteroatoms. The van der Waals surface area contributed by atoms with Gasteiger partial charge in [0.05, 0.1) is 22.5 Å². The van der Waals surface area contributed by atoms with E-state index in [4.69, 9.17) is 4.74 Å². The third kappa shape index (κ3) is 4.91. The molecular formula is C28H34N4O4. The van der Waals surface area contributed by atoms with Crippen molar-refractivity contribution < 1.29 is 19.1 Å². The molecule has 2 heterocycles. The van der Waals surface area contributed by atoms with Gasteiger partial charge in [-0.15, -0.1) is 0 Å². The third-order valence-electron chi connectivity index (χ3n) is 6.99. The molecule has 1 fully saturated rings. The fraction of sp³-hybridized carbons (Fsp3) is 0.429. The standard InChI is InChI=1S/C28H34N4O4/c1-5-21(26-30-22-12-11-18(2)15-23(22)31-26)29-24(33)16-28(20-10-7-6-9-19(20)3)17-25(34)32(27(28)35)13-8-14-36-4/h6-7,9-12,15,21H,5,8,13-14,16-17H2,1-4H3,(H,29,33)(H,30,31). The van der Waals surface area contributed by atoms with Gasteiger partial charge >= 0.3 is 0 Å². The van der Waals surface area contributed by atoms with Crippen LogP contribution in [0.2, 0.25) is 0 Å². The number of carbonyl (C=O) groups is 3. The minimum absolute atomic E-state index is 0.0300. The van der Waals surface area contributed by atoms with Crippen molar-refractivity contribution in [3.05, 3.63) is 65.0 Å². The van der Waals surface area contributed by atoms with Crippen molar-refractivity contribution in [3.63, 3.8) is 0 Å². The number of ether oxygens (including phenoxy) is 1. The molecule has 2 atom stereocenters. The predicted molar refractivity (Wildman–Crippen MR) is 137 cm³/mol. The zero-order valence-corrected chi connectivity index (χ0v) is 21.4. The Balaban J connectivity index is 1.61. The number of rotatable bonds is 10. The Kier molecular flexibility index (Phi) is 7.54. The minimum atomic E-state index is -1.23. The van der Waals surface area contributed by atoms with E-state index in [9.17, 15) is 14.4 Å². The van der Waals surface area contributed by atoms with Crippen molar-refractivity contribution >= 4 is 28.8 Å². The van der Waals surface area contributed by atoms with E-state index in [1.807, 2.05) is 63.2 Å². The molecule has 3 aromatic rings. The van der Waals surface area contributed by atoms with Crippen LogP contribution in [0, 0.1) is 13.8 Å². The number of amides is 3. The number of aryl methyl sites for hydroxylation is 2. The summed E-state index contributed by atoms with van der Waals surface area (Å²) in [6, 6.07) is 13.1. The Morgan fingerprint density at radius 3 is 2.72 bits per heavy atom.